The summed E-state index contributed by atoms with van der Waals surface area (Å²) in [5.41, 5.74) is 3.15. The zero-order valence-electron chi connectivity index (χ0n) is 15.5. The molecule has 0 nitrogen and oxygen atoms in total. The molecule has 0 radical (unpaired) electrons. The Morgan fingerprint density at radius 3 is 2.24 bits per heavy atom. The van der Waals surface area contributed by atoms with Crippen molar-refractivity contribution in [3.63, 3.8) is 0 Å². The van der Waals surface area contributed by atoms with Crippen LogP contribution in [0.3, 0.4) is 0 Å². The Labute approximate surface area is 190 Å². The first-order valence-electron chi connectivity index (χ1n) is 8.62. The summed E-state index contributed by atoms with van der Waals surface area (Å²) in [5.74, 6) is 0.680. The molecule has 1 aromatic rings. The van der Waals surface area contributed by atoms with Gasteiger partial charge in [0.1, 0.15) is 0 Å². The van der Waals surface area contributed by atoms with Crippen molar-refractivity contribution in [2.24, 2.45) is 5.92 Å². The first kappa shape index (κ1) is 30.2. The van der Waals surface area contributed by atoms with Crippen LogP contribution >= 0.6 is 0 Å². The standard InChI is InChI=1S/C20H29Si.3ClH.Ti/c1-4-6-8-11-17-14-19(16(3)5-2)20(15-17)21-18-12-9-7-10-13-18;;;;/h7,9-10,12-13,16H,4-6,8,11,15,21H2,1-3H3;3*1H;/q-1;;;;+4/p-3. The van der Waals surface area contributed by atoms with Gasteiger partial charge in [0, 0.05) is 0 Å². The van der Waals surface area contributed by atoms with E-state index in [0.29, 0.717) is 5.92 Å². The normalized spacial score (nSPS) is 14.1. The van der Waals surface area contributed by atoms with Crippen molar-refractivity contribution in [2.45, 2.75) is 59.3 Å². The smallest absolute Gasteiger partial charge is 1.00 e. The average molecular weight is 452 g/mol. The molecule has 1 aromatic carbocycles. The van der Waals surface area contributed by atoms with Crippen LogP contribution in [0.25, 0.3) is 0 Å². The molecule has 0 fully saturated rings. The van der Waals surface area contributed by atoms with E-state index in [1.807, 2.05) is 0 Å². The van der Waals surface area contributed by atoms with E-state index in [9.17, 15) is 0 Å². The summed E-state index contributed by atoms with van der Waals surface area (Å²) in [6.07, 6.45) is 11.5. The van der Waals surface area contributed by atoms with E-state index in [1.54, 1.807) is 21.5 Å². The summed E-state index contributed by atoms with van der Waals surface area (Å²) in [5, 5.41) is 3.33. The van der Waals surface area contributed by atoms with Crippen LogP contribution in [-0.2, 0) is 21.7 Å². The minimum absolute atomic E-state index is 0. The van der Waals surface area contributed by atoms with E-state index in [1.165, 1.54) is 38.5 Å². The molecule has 0 saturated carbocycles. The second-order valence-corrected chi connectivity index (χ2v) is 8.37. The number of halogens is 3. The fourth-order valence-corrected chi connectivity index (χ4v) is 5.15. The van der Waals surface area contributed by atoms with E-state index >= 15 is 0 Å². The van der Waals surface area contributed by atoms with Gasteiger partial charge in [-0.2, -0.15) is 5.57 Å². The van der Waals surface area contributed by atoms with E-state index < -0.39 is 0 Å². The number of allylic oxidation sites excluding steroid dienone is 4. The maximum atomic E-state index is 3.80. The topological polar surface area (TPSA) is 0 Å². The van der Waals surface area contributed by atoms with Crippen molar-refractivity contribution in [3.05, 3.63) is 52.8 Å². The van der Waals surface area contributed by atoms with E-state index in [2.05, 4.69) is 57.2 Å². The molecule has 1 aliphatic rings. The molecule has 0 heterocycles. The van der Waals surface area contributed by atoms with Gasteiger partial charge < -0.3 is 37.2 Å². The molecule has 0 spiro atoms. The Morgan fingerprint density at radius 1 is 1.04 bits per heavy atom. The largest absolute Gasteiger partial charge is 4.00 e. The van der Waals surface area contributed by atoms with Crippen LogP contribution in [0.2, 0.25) is 0 Å². The molecule has 1 atom stereocenters. The van der Waals surface area contributed by atoms with Gasteiger partial charge in [0.15, 0.2) is 0 Å². The zero-order chi connectivity index (χ0) is 15.1. The summed E-state index contributed by atoms with van der Waals surface area (Å²) in [7, 11) is -0.299. The quantitative estimate of drug-likeness (QED) is 0.212. The minimum Gasteiger partial charge on any atom is -1.00 e. The van der Waals surface area contributed by atoms with Crippen LogP contribution in [0.15, 0.2) is 46.7 Å². The van der Waals surface area contributed by atoms with Crippen molar-refractivity contribution < 1.29 is 58.9 Å². The number of hydrogen-bond acceptors (Lipinski definition) is 0. The van der Waals surface area contributed by atoms with Crippen molar-refractivity contribution in [3.8, 4) is 0 Å². The summed E-state index contributed by atoms with van der Waals surface area (Å²) in [6, 6.07) is 11.1. The fraction of sp³-hybridized carbons (Fsp3) is 0.500. The molecule has 25 heavy (non-hydrogen) atoms. The third-order valence-electron chi connectivity index (χ3n) is 4.57. The molecule has 1 aliphatic carbocycles. The first-order valence-corrected chi connectivity index (χ1v) is 10.0. The number of unbranched alkanes of at least 4 members (excludes halogenated alkanes) is 2. The van der Waals surface area contributed by atoms with Gasteiger partial charge in [-0.05, 0) is 9.52 Å². The maximum absolute atomic E-state index is 3.80. The van der Waals surface area contributed by atoms with Crippen molar-refractivity contribution in [2.75, 3.05) is 0 Å². The molecule has 0 bridgehead atoms. The number of hydrogen-bond donors (Lipinski definition) is 0. The SMILES string of the molecule is CCCCCC1=[C-]C(C(C)CC)=C([SiH2]c2ccccc2)C1.[Cl-].[Cl-].[Cl-].[Ti+4]. The zero-order valence-corrected chi connectivity index (χ0v) is 20.8. The Hall–Kier alpha value is 0.501. The summed E-state index contributed by atoms with van der Waals surface area (Å²) in [6.45, 7) is 6.95. The third kappa shape index (κ3) is 9.84. The molecular formula is C20H29Cl3SiTi. The van der Waals surface area contributed by atoms with Crippen molar-refractivity contribution in [1.29, 1.82) is 0 Å². The second kappa shape index (κ2) is 16.7. The van der Waals surface area contributed by atoms with Gasteiger partial charge in [-0.25, -0.2) is 16.8 Å². The molecule has 0 aliphatic heterocycles. The Morgan fingerprint density at radius 2 is 1.68 bits per heavy atom. The average Bonchev–Trinajstić information content (AvgIpc) is 2.90. The Balaban J connectivity index is -0.00000121. The maximum Gasteiger partial charge on any atom is 4.00 e. The van der Waals surface area contributed by atoms with Crippen molar-refractivity contribution >= 4 is 14.7 Å². The Kier molecular flexibility index (Phi) is 20.1. The van der Waals surface area contributed by atoms with Crippen LogP contribution < -0.4 is 42.4 Å². The molecule has 2 rings (SSSR count). The van der Waals surface area contributed by atoms with Gasteiger partial charge in [0.25, 0.3) is 0 Å². The summed E-state index contributed by atoms with van der Waals surface area (Å²) in [4.78, 5) is 0. The van der Waals surface area contributed by atoms with Gasteiger partial charge in [-0.3, -0.25) is 0 Å². The molecule has 1 unspecified atom stereocenters. The predicted octanol–water partition coefficient (Wildman–Crippen LogP) is -4.50. The molecule has 5 heteroatoms. The van der Waals surface area contributed by atoms with Crippen LogP contribution in [-0.4, -0.2) is 9.52 Å². The minimum atomic E-state index is -0.299. The molecule has 0 N–H and O–H groups in total. The monoisotopic (exact) mass is 450 g/mol. The third-order valence-corrected chi connectivity index (χ3v) is 6.50. The summed E-state index contributed by atoms with van der Waals surface area (Å²) >= 11 is 0. The predicted molar refractivity (Wildman–Crippen MR) is 96.6 cm³/mol. The van der Waals surface area contributed by atoms with Gasteiger partial charge in [-0.15, -0.1) is 0 Å². The Bertz CT molecular complexity index is 515. The molecule has 0 saturated heterocycles. The van der Waals surface area contributed by atoms with Crippen LogP contribution in [0.1, 0.15) is 59.3 Å². The van der Waals surface area contributed by atoms with Gasteiger partial charge in [-0.1, -0.05) is 101 Å². The van der Waals surface area contributed by atoms with Gasteiger partial charge in [0.05, 0.1) is 0 Å². The summed E-state index contributed by atoms with van der Waals surface area (Å²) < 4.78 is 0. The second-order valence-electron chi connectivity index (χ2n) is 6.35. The van der Waals surface area contributed by atoms with E-state index in [4.69, 9.17) is 0 Å². The first-order chi connectivity index (χ1) is 10.2. The van der Waals surface area contributed by atoms with Crippen LogP contribution in [0.4, 0.5) is 0 Å². The molecule has 0 amide bonds. The number of rotatable bonds is 8. The van der Waals surface area contributed by atoms with Gasteiger partial charge in [0.2, 0.25) is 0 Å². The van der Waals surface area contributed by atoms with E-state index in [-0.39, 0.29) is 68.5 Å². The van der Waals surface area contributed by atoms with Gasteiger partial charge >= 0.3 is 21.7 Å². The molecular weight excluding hydrogens is 423 g/mol. The fourth-order valence-electron chi connectivity index (χ4n) is 3.09. The van der Waals surface area contributed by atoms with Crippen LogP contribution in [0, 0.1) is 12.0 Å². The number of benzene rings is 1. The van der Waals surface area contributed by atoms with Crippen LogP contribution in [0.5, 0.6) is 0 Å². The van der Waals surface area contributed by atoms with E-state index in [0.717, 1.165) is 0 Å². The molecule has 0 aromatic heterocycles. The van der Waals surface area contributed by atoms with Crippen molar-refractivity contribution in [1.82, 2.24) is 0 Å². The molecule has 138 valence electrons.